The number of nitrogens with zero attached hydrogens (tertiary/aromatic N) is 2. The minimum absolute atomic E-state index is 0.00273. The van der Waals surface area contributed by atoms with Crippen LogP contribution in [-0.4, -0.2) is 74.1 Å². The first kappa shape index (κ1) is 26.4. The van der Waals surface area contributed by atoms with Gasteiger partial charge in [0.1, 0.15) is 11.2 Å². The molecule has 0 unspecified atom stereocenters. The van der Waals surface area contributed by atoms with Gasteiger partial charge in [0, 0.05) is 0 Å². The number of carbonyl (C=O) groups is 2. The Hall–Kier alpha value is -1.64. The van der Waals surface area contributed by atoms with Crippen molar-refractivity contribution in [3.63, 3.8) is 0 Å². The normalized spacial score (nSPS) is 25.3. The highest BCUT2D eigenvalue weighted by atomic mass is 32.2. The van der Waals surface area contributed by atoms with Gasteiger partial charge in [-0.05, 0) is 55.4 Å². The molecule has 2 aliphatic heterocycles. The predicted molar refractivity (Wildman–Crippen MR) is 105 cm³/mol. The molecule has 0 bridgehead atoms. The molecular weight excluding hydrogens is 444 g/mol. The number of ether oxygens (including phenoxy) is 2. The summed E-state index contributed by atoms with van der Waals surface area (Å²) in [7, 11) is -7.90. The largest absolute Gasteiger partial charge is 0.443 e. The Morgan fingerprint density at radius 2 is 1.00 bits per heavy atom. The summed E-state index contributed by atoms with van der Waals surface area (Å²) in [4.78, 5) is 22.9. The van der Waals surface area contributed by atoms with E-state index < -0.39 is 56.2 Å². The molecule has 2 saturated heterocycles. The van der Waals surface area contributed by atoms with E-state index in [0.29, 0.717) is 8.61 Å². The second-order valence-electron chi connectivity index (χ2n) is 8.75. The van der Waals surface area contributed by atoms with Crippen molar-refractivity contribution in [1.82, 2.24) is 8.61 Å². The second kappa shape index (κ2) is 8.85. The van der Waals surface area contributed by atoms with Crippen LogP contribution in [-0.2, 0) is 38.4 Å². The molecular formula is C16H30N2O10S2. The lowest BCUT2D eigenvalue weighted by atomic mass is 10.2. The lowest BCUT2D eigenvalue weighted by Crippen LogP contribution is -2.37. The fourth-order valence-corrected chi connectivity index (χ4v) is 4.57. The van der Waals surface area contributed by atoms with Crippen molar-refractivity contribution in [3.05, 3.63) is 0 Å². The van der Waals surface area contributed by atoms with Gasteiger partial charge in [0.05, 0.1) is 25.3 Å². The molecule has 176 valence electrons. The van der Waals surface area contributed by atoms with E-state index in [0.717, 1.165) is 0 Å². The van der Waals surface area contributed by atoms with E-state index in [1.54, 1.807) is 55.4 Å². The average Bonchev–Trinajstić information content (AvgIpc) is 2.89. The van der Waals surface area contributed by atoms with Crippen LogP contribution in [0, 0.1) is 0 Å². The molecule has 2 fully saturated rings. The van der Waals surface area contributed by atoms with Crippen LogP contribution in [0.15, 0.2) is 0 Å². The summed E-state index contributed by atoms with van der Waals surface area (Å²) in [5.41, 5.74) is -1.45. The maximum Gasteiger partial charge on any atom is 0.425 e. The molecule has 30 heavy (non-hydrogen) atoms. The Morgan fingerprint density at radius 3 is 1.17 bits per heavy atom. The number of rotatable bonds is 0. The second-order valence-corrected chi connectivity index (χ2v) is 11.7. The van der Waals surface area contributed by atoms with Crippen LogP contribution in [0.5, 0.6) is 0 Å². The third-order valence-corrected chi connectivity index (χ3v) is 5.97. The first-order chi connectivity index (χ1) is 13.2. The molecule has 2 heterocycles. The van der Waals surface area contributed by atoms with E-state index in [1.165, 1.54) is 0 Å². The number of hydrogen-bond acceptors (Lipinski definition) is 10. The number of carbonyl (C=O) groups excluding carboxylic acids is 2. The zero-order valence-electron chi connectivity index (χ0n) is 18.4. The average molecular weight is 475 g/mol. The molecule has 12 nitrogen and oxygen atoms in total. The molecule has 0 aliphatic carbocycles. The number of amides is 2. The molecule has 0 aromatic carbocycles. The van der Waals surface area contributed by atoms with Crippen molar-refractivity contribution in [2.75, 3.05) is 13.1 Å². The van der Waals surface area contributed by atoms with Crippen molar-refractivity contribution in [1.29, 1.82) is 0 Å². The van der Waals surface area contributed by atoms with Gasteiger partial charge >= 0.3 is 32.8 Å². The van der Waals surface area contributed by atoms with Crippen molar-refractivity contribution in [2.45, 2.75) is 78.8 Å². The van der Waals surface area contributed by atoms with Crippen LogP contribution < -0.4 is 0 Å². The maximum atomic E-state index is 11.5. The van der Waals surface area contributed by atoms with Crippen LogP contribution in [0.4, 0.5) is 9.59 Å². The molecule has 14 heteroatoms. The zero-order valence-corrected chi connectivity index (χ0v) is 20.0. The quantitative estimate of drug-likeness (QED) is 0.509. The van der Waals surface area contributed by atoms with Crippen LogP contribution >= 0.6 is 0 Å². The molecule has 2 rings (SSSR count). The molecule has 0 N–H and O–H groups in total. The third kappa shape index (κ3) is 7.89. The summed E-state index contributed by atoms with van der Waals surface area (Å²) in [5.74, 6) is 0. The SMILES string of the molecule is C[C@@H]1CN(C(=O)OC(C)(C)C)S(=O)(=O)O1.C[C@@H]1CN(C(=O)OC(C)(C)C)S(=O)(=O)O1. The molecule has 2 amide bonds. The summed E-state index contributed by atoms with van der Waals surface area (Å²) < 4.78 is 65.5. The summed E-state index contributed by atoms with van der Waals surface area (Å²) in [6.07, 6.45) is -2.84. The van der Waals surface area contributed by atoms with Gasteiger partial charge in [-0.3, -0.25) is 0 Å². The Labute approximate surface area is 177 Å². The molecule has 0 spiro atoms. The highest BCUT2D eigenvalue weighted by Gasteiger charge is 2.41. The Bertz CT molecular complexity index is 783. The Kier molecular flexibility index (Phi) is 7.78. The highest BCUT2D eigenvalue weighted by molar-refractivity contribution is 7.85. The van der Waals surface area contributed by atoms with Crippen LogP contribution in [0.3, 0.4) is 0 Å². The standard InChI is InChI=1S/2C8H15NO5S/c2*1-6-5-9(15(11,12)14-6)7(10)13-8(2,3)4/h2*6H,5H2,1-4H3/t2*6-/m11/s1. The first-order valence-corrected chi connectivity index (χ1v) is 11.8. The first-order valence-electron chi connectivity index (χ1n) is 9.11. The van der Waals surface area contributed by atoms with Gasteiger partial charge in [-0.15, -0.1) is 0 Å². The molecule has 0 aromatic rings. The molecule has 0 aromatic heterocycles. The summed E-state index contributed by atoms with van der Waals surface area (Å²) in [6.45, 7) is 13.1. The maximum absolute atomic E-state index is 11.5. The monoisotopic (exact) mass is 474 g/mol. The highest BCUT2D eigenvalue weighted by Crippen LogP contribution is 2.21. The van der Waals surface area contributed by atoms with Crippen molar-refractivity contribution in [3.8, 4) is 0 Å². The number of hydrogen-bond donors (Lipinski definition) is 0. The Balaban J connectivity index is 0.000000300. The molecule has 2 aliphatic rings. The van der Waals surface area contributed by atoms with Gasteiger partial charge in [-0.1, -0.05) is 0 Å². The topological polar surface area (TPSA) is 146 Å². The molecule has 0 saturated carbocycles. The van der Waals surface area contributed by atoms with E-state index in [-0.39, 0.29) is 13.1 Å². The van der Waals surface area contributed by atoms with Gasteiger partial charge < -0.3 is 9.47 Å². The van der Waals surface area contributed by atoms with E-state index in [1.807, 2.05) is 0 Å². The van der Waals surface area contributed by atoms with Gasteiger partial charge in [0.25, 0.3) is 0 Å². The van der Waals surface area contributed by atoms with E-state index >= 15 is 0 Å². The van der Waals surface area contributed by atoms with Gasteiger partial charge in [-0.2, -0.15) is 25.4 Å². The fourth-order valence-electron chi connectivity index (χ4n) is 2.19. The van der Waals surface area contributed by atoms with Crippen molar-refractivity contribution < 1.29 is 44.3 Å². The van der Waals surface area contributed by atoms with Gasteiger partial charge in [-0.25, -0.2) is 18.0 Å². The van der Waals surface area contributed by atoms with E-state index in [2.05, 4.69) is 8.37 Å². The lowest BCUT2D eigenvalue weighted by Gasteiger charge is -2.22. The van der Waals surface area contributed by atoms with Crippen LogP contribution in [0.1, 0.15) is 55.4 Å². The summed E-state index contributed by atoms with van der Waals surface area (Å²) in [6, 6.07) is 0. The van der Waals surface area contributed by atoms with E-state index in [4.69, 9.17) is 9.47 Å². The fraction of sp³-hybridized carbons (Fsp3) is 0.875. The van der Waals surface area contributed by atoms with Gasteiger partial charge in [0.2, 0.25) is 0 Å². The van der Waals surface area contributed by atoms with E-state index in [9.17, 15) is 26.4 Å². The zero-order chi connectivity index (χ0) is 23.7. The summed E-state index contributed by atoms with van der Waals surface area (Å²) in [5, 5.41) is 0. The minimum Gasteiger partial charge on any atom is -0.443 e. The Morgan fingerprint density at radius 1 is 0.733 bits per heavy atom. The molecule has 0 radical (unpaired) electrons. The summed E-state index contributed by atoms with van der Waals surface area (Å²) >= 11 is 0. The predicted octanol–water partition coefficient (Wildman–Crippen LogP) is 1.77. The third-order valence-electron chi connectivity index (χ3n) is 3.15. The minimum atomic E-state index is -3.95. The lowest BCUT2D eigenvalue weighted by molar-refractivity contribution is 0.0386. The van der Waals surface area contributed by atoms with Crippen LogP contribution in [0.25, 0.3) is 0 Å². The molecule has 2 atom stereocenters. The van der Waals surface area contributed by atoms with Crippen LogP contribution in [0.2, 0.25) is 0 Å². The van der Waals surface area contributed by atoms with Gasteiger partial charge in [0.15, 0.2) is 0 Å². The smallest absolute Gasteiger partial charge is 0.425 e. The van der Waals surface area contributed by atoms with Crippen molar-refractivity contribution in [2.24, 2.45) is 0 Å². The van der Waals surface area contributed by atoms with Crippen molar-refractivity contribution >= 4 is 32.8 Å².